The lowest BCUT2D eigenvalue weighted by Crippen LogP contribution is -1.89. The molecular formula is C25H20S5. The maximum absolute atomic E-state index is 2.30. The zero-order chi connectivity index (χ0) is 20.5. The SMILES string of the molecule is CC(C)C1=C(c2ccccc2)S/C(=C2/SC(c3ccccc3)=C(c3cccs3)S2)S1. The Morgan fingerprint density at radius 1 is 0.567 bits per heavy atom. The predicted molar refractivity (Wildman–Crippen MR) is 143 cm³/mol. The van der Waals surface area contributed by atoms with Gasteiger partial charge in [0.1, 0.15) is 0 Å². The van der Waals surface area contributed by atoms with E-state index in [1.54, 1.807) is 0 Å². The molecule has 5 heteroatoms. The molecule has 0 N–H and O–H groups in total. The van der Waals surface area contributed by atoms with Crippen molar-refractivity contribution in [2.75, 3.05) is 0 Å². The fourth-order valence-corrected chi connectivity index (χ4v) is 10.1. The molecule has 0 spiro atoms. The van der Waals surface area contributed by atoms with Crippen LogP contribution in [0.5, 0.6) is 0 Å². The molecule has 0 saturated heterocycles. The molecule has 0 atom stereocenters. The first-order chi connectivity index (χ1) is 14.7. The largest absolute Gasteiger partial charge is 0.143 e. The summed E-state index contributed by atoms with van der Waals surface area (Å²) in [6, 6.07) is 26.1. The van der Waals surface area contributed by atoms with Gasteiger partial charge in [-0.25, -0.2) is 0 Å². The molecule has 3 heterocycles. The first kappa shape index (κ1) is 20.7. The van der Waals surface area contributed by atoms with Crippen LogP contribution in [0.25, 0.3) is 14.7 Å². The van der Waals surface area contributed by atoms with Crippen molar-refractivity contribution in [3.8, 4) is 0 Å². The molecule has 1 aromatic heterocycles. The summed E-state index contributed by atoms with van der Waals surface area (Å²) in [6.07, 6.45) is 0. The van der Waals surface area contributed by atoms with Gasteiger partial charge in [-0.15, -0.1) is 11.3 Å². The van der Waals surface area contributed by atoms with Crippen molar-refractivity contribution < 1.29 is 0 Å². The van der Waals surface area contributed by atoms with E-state index < -0.39 is 0 Å². The topological polar surface area (TPSA) is 0 Å². The maximum Gasteiger partial charge on any atom is 0.0707 e. The Kier molecular flexibility index (Phi) is 6.26. The van der Waals surface area contributed by atoms with Crippen LogP contribution in [0.4, 0.5) is 0 Å². The van der Waals surface area contributed by atoms with Crippen LogP contribution in [-0.2, 0) is 0 Å². The van der Waals surface area contributed by atoms with Crippen LogP contribution >= 0.6 is 58.4 Å². The highest BCUT2D eigenvalue weighted by Gasteiger charge is 2.32. The number of hydrogen-bond acceptors (Lipinski definition) is 5. The van der Waals surface area contributed by atoms with Gasteiger partial charge in [0.2, 0.25) is 0 Å². The van der Waals surface area contributed by atoms with E-state index in [4.69, 9.17) is 0 Å². The first-order valence-corrected chi connectivity index (χ1v) is 13.9. The lowest BCUT2D eigenvalue weighted by molar-refractivity contribution is 0.822. The van der Waals surface area contributed by atoms with Crippen LogP contribution in [0.1, 0.15) is 29.9 Å². The zero-order valence-corrected chi connectivity index (χ0v) is 20.7. The summed E-state index contributed by atoms with van der Waals surface area (Å²) in [6.45, 7) is 4.61. The Bertz CT molecular complexity index is 1140. The van der Waals surface area contributed by atoms with Gasteiger partial charge in [0.15, 0.2) is 0 Å². The van der Waals surface area contributed by atoms with Gasteiger partial charge in [-0.1, -0.05) is 128 Å². The van der Waals surface area contributed by atoms with Gasteiger partial charge in [0.05, 0.1) is 8.47 Å². The van der Waals surface area contributed by atoms with E-state index in [1.165, 1.54) is 44.1 Å². The fraction of sp³-hybridized carbons (Fsp3) is 0.120. The number of thiophene rings is 1. The first-order valence-electron chi connectivity index (χ1n) is 9.79. The molecule has 2 aromatic carbocycles. The summed E-state index contributed by atoms with van der Waals surface area (Å²) in [7, 11) is 0. The smallest absolute Gasteiger partial charge is 0.0707 e. The van der Waals surface area contributed by atoms with Crippen molar-refractivity contribution in [2.45, 2.75) is 13.8 Å². The molecular weight excluding hydrogens is 461 g/mol. The second-order valence-electron chi connectivity index (χ2n) is 7.20. The molecule has 0 amide bonds. The van der Waals surface area contributed by atoms with Gasteiger partial charge in [0.25, 0.3) is 0 Å². The molecule has 0 unspecified atom stereocenters. The van der Waals surface area contributed by atoms with E-state index in [1.807, 2.05) is 58.4 Å². The highest BCUT2D eigenvalue weighted by Crippen LogP contribution is 2.66. The summed E-state index contributed by atoms with van der Waals surface area (Å²) in [4.78, 5) is 7.04. The van der Waals surface area contributed by atoms with Gasteiger partial charge >= 0.3 is 0 Å². The predicted octanol–water partition coefficient (Wildman–Crippen LogP) is 9.69. The quantitative estimate of drug-likeness (QED) is 0.364. The van der Waals surface area contributed by atoms with Crippen LogP contribution in [0.15, 0.2) is 91.6 Å². The average molecular weight is 481 g/mol. The van der Waals surface area contributed by atoms with Crippen LogP contribution in [0.3, 0.4) is 0 Å². The highest BCUT2D eigenvalue weighted by molar-refractivity contribution is 8.38. The van der Waals surface area contributed by atoms with Gasteiger partial charge in [-0.3, -0.25) is 0 Å². The minimum Gasteiger partial charge on any atom is -0.143 e. The average Bonchev–Trinajstić information content (AvgIpc) is 3.53. The second-order valence-corrected chi connectivity index (χ2v) is 12.8. The Morgan fingerprint density at radius 3 is 1.73 bits per heavy atom. The van der Waals surface area contributed by atoms with Gasteiger partial charge in [-0.2, -0.15) is 0 Å². The van der Waals surface area contributed by atoms with Crippen molar-refractivity contribution in [3.05, 3.63) is 108 Å². The standard InChI is InChI=1S/C25H20S5/c1-16(2)20-21(17-10-5-3-6-11-17)28-24(27-20)25-29-22(18-12-7-4-8-13-18)23(30-25)19-14-9-15-26-19/h3-16H,1-2H3/b25-24-. The number of thioether (sulfide) groups is 4. The monoisotopic (exact) mass is 480 g/mol. The van der Waals surface area contributed by atoms with E-state index >= 15 is 0 Å². The summed E-state index contributed by atoms with van der Waals surface area (Å²) >= 11 is 9.63. The van der Waals surface area contributed by atoms with E-state index in [2.05, 4.69) is 92.0 Å². The Morgan fingerprint density at radius 2 is 1.13 bits per heavy atom. The minimum absolute atomic E-state index is 0.519. The minimum atomic E-state index is 0.519. The molecule has 0 aliphatic carbocycles. The normalized spacial score (nSPS) is 19.4. The Balaban J connectivity index is 1.52. The maximum atomic E-state index is 2.30. The Hall–Kier alpha value is -1.24. The van der Waals surface area contributed by atoms with Gasteiger partial charge < -0.3 is 0 Å². The molecule has 30 heavy (non-hydrogen) atoms. The fourth-order valence-electron chi connectivity index (χ4n) is 3.30. The van der Waals surface area contributed by atoms with Crippen LogP contribution in [-0.4, -0.2) is 0 Å². The molecule has 0 radical (unpaired) electrons. The molecule has 0 fully saturated rings. The van der Waals surface area contributed by atoms with E-state index in [0.29, 0.717) is 5.92 Å². The van der Waals surface area contributed by atoms with Crippen molar-refractivity contribution in [1.82, 2.24) is 0 Å². The third-order valence-electron chi connectivity index (χ3n) is 4.72. The number of allylic oxidation sites excluding steroid dienone is 1. The number of rotatable bonds is 4. The van der Waals surface area contributed by atoms with Crippen molar-refractivity contribution in [1.29, 1.82) is 0 Å². The second kappa shape index (κ2) is 9.09. The van der Waals surface area contributed by atoms with E-state index in [9.17, 15) is 0 Å². The van der Waals surface area contributed by atoms with Gasteiger partial charge in [-0.05, 0) is 28.5 Å². The zero-order valence-electron chi connectivity index (χ0n) is 16.6. The molecule has 0 saturated carbocycles. The van der Waals surface area contributed by atoms with Gasteiger partial charge in [0, 0.05) is 24.5 Å². The molecule has 2 aliphatic heterocycles. The summed E-state index contributed by atoms with van der Waals surface area (Å²) in [5.74, 6) is 0.519. The Labute approximate surface area is 199 Å². The van der Waals surface area contributed by atoms with Crippen molar-refractivity contribution in [3.63, 3.8) is 0 Å². The van der Waals surface area contributed by atoms with E-state index in [-0.39, 0.29) is 0 Å². The molecule has 3 aromatic rings. The lowest BCUT2D eigenvalue weighted by atomic mass is 10.1. The third kappa shape index (κ3) is 4.11. The third-order valence-corrected chi connectivity index (χ3v) is 11.9. The summed E-state index contributed by atoms with van der Waals surface area (Å²) in [5.41, 5.74) is 2.64. The number of hydrogen-bond donors (Lipinski definition) is 0. The molecule has 5 rings (SSSR count). The molecule has 150 valence electrons. The highest BCUT2D eigenvalue weighted by atomic mass is 32.2. The number of benzene rings is 2. The lowest BCUT2D eigenvalue weighted by Gasteiger charge is -2.08. The summed E-state index contributed by atoms with van der Waals surface area (Å²) < 4.78 is 2.84. The van der Waals surface area contributed by atoms with Crippen LogP contribution < -0.4 is 0 Å². The van der Waals surface area contributed by atoms with E-state index in [0.717, 1.165) is 0 Å². The summed E-state index contributed by atoms with van der Waals surface area (Å²) in [5, 5.41) is 2.17. The molecule has 0 nitrogen and oxygen atoms in total. The van der Waals surface area contributed by atoms with Crippen molar-refractivity contribution in [2.24, 2.45) is 5.92 Å². The molecule has 2 aliphatic rings. The van der Waals surface area contributed by atoms with Crippen molar-refractivity contribution >= 4 is 73.1 Å². The molecule has 0 bridgehead atoms. The van der Waals surface area contributed by atoms with Crippen LogP contribution in [0, 0.1) is 5.92 Å². The van der Waals surface area contributed by atoms with Crippen LogP contribution in [0.2, 0.25) is 0 Å².